The van der Waals surface area contributed by atoms with Crippen molar-refractivity contribution in [3.8, 4) is 0 Å². The summed E-state index contributed by atoms with van der Waals surface area (Å²) in [6.07, 6.45) is -11.0. The van der Waals surface area contributed by atoms with Gasteiger partial charge in [0.1, 0.15) is 11.1 Å². The van der Waals surface area contributed by atoms with E-state index in [1.807, 2.05) is 30.3 Å². The van der Waals surface area contributed by atoms with Crippen LogP contribution in [0.4, 0.5) is 31.1 Å². The Morgan fingerprint density at radius 3 is 1.90 bits per heavy atom. The second-order valence-electron chi connectivity index (χ2n) is 12.3. The number of carbonyl (C=O) groups is 2. The third-order valence-corrected chi connectivity index (χ3v) is 7.07. The SMILES string of the molecule is CC(OCC1(c2ccccc2)CC(NC(=O)C(C)(C)NC(=O)OC(C)(C)C)C1)c1cc(C(F)(F)F)cc(C(F)(F)F)c1. The summed E-state index contributed by atoms with van der Waals surface area (Å²) < 4.78 is 91.3. The Hall–Kier alpha value is -3.28. The highest BCUT2D eigenvalue weighted by molar-refractivity contribution is 5.89. The predicted molar refractivity (Wildman–Crippen MR) is 144 cm³/mol. The minimum absolute atomic E-state index is 0.0122. The van der Waals surface area contributed by atoms with E-state index in [9.17, 15) is 35.9 Å². The first-order valence-corrected chi connectivity index (χ1v) is 13.4. The first-order chi connectivity index (χ1) is 19.1. The van der Waals surface area contributed by atoms with Gasteiger partial charge in [-0.1, -0.05) is 30.3 Å². The normalized spacial score (nSPS) is 20.3. The van der Waals surface area contributed by atoms with Crippen LogP contribution in [-0.2, 0) is 32.0 Å². The summed E-state index contributed by atoms with van der Waals surface area (Å²) in [6.45, 7) is 9.54. The third-order valence-electron chi connectivity index (χ3n) is 7.07. The number of benzene rings is 2. The number of alkyl halides is 6. The molecule has 2 aromatic rings. The summed E-state index contributed by atoms with van der Waals surface area (Å²) in [4.78, 5) is 25.2. The molecular weight excluding hydrogens is 566 g/mol. The summed E-state index contributed by atoms with van der Waals surface area (Å²) in [5, 5.41) is 5.45. The second-order valence-corrected chi connectivity index (χ2v) is 12.3. The van der Waals surface area contributed by atoms with Gasteiger partial charge < -0.3 is 20.1 Å². The van der Waals surface area contributed by atoms with Crippen LogP contribution >= 0.6 is 0 Å². The van der Waals surface area contributed by atoms with Crippen molar-refractivity contribution in [3.05, 3.63) is 70.8 Å². The molecule has 2 aromatic carbocycles. The smallest absolute Gasteiger partial charge is 0.416 e. The van der Waals surface area contributed by atoms with Crippen molar-refractivity contribution in [2.75, 3.05) is 6.61 Å². The Balaban J connectivity index is 1.74. The van der Waals surface area contributed by atoms with E-state index in [0.29, 0.717) is 25.0 Å². The van der Waals surface area contributed by atoms with E-state index >= 15 is 0 Å². The van der Waals surface area contributed by atoms with Crippen molar-refractivity contribution in [3.63, 3.8) is 0 Å². The van der Waals surface area contributed by atoms with E-state index in [2.05, 4.69) is 10.6 Å². The molecule has 2 amide bonds. The molecule has 0 saturated heterocycles. The van der Waals surface area contributed by atoms with Crippen LogP contribution in [0.5, 0.6) is 0 Å². The highest BCUT2D eigenvalue weighted by atomic mass is 19.4. The summed E-state index contributed by atoms with van der Waals surface area (Å²) >= 11 is 0. The molecule has 0 heterocycles. The molecule has 1 atom stereocenters. The molecule has 1 saturated carbocycles. The average Bonchev–Trinajstić information content (AvgIpc) is 2.82. The standard InChI is InChI=1S/C30H36F6N2O4/c1-18(19-12-21(29(31,32)33)14-22(13-19)30(34,35)36)41-17-28(20-10-8-7-9-11-20)15-23(16-28)37-24(39)27(5,6)38-25(40)42-26(2,3)4/h7-14,18,23H,15-17H2,1-6H3,(H,37,39)(H,38,40). The lowest BCUT2D eigenvalue weighted by molar-refractivity contribution is -0.143. The van der Waals surface area contributed by atoms with Crippen LogP contribution < -0.4 is 10.6 Å². The zero-order valence-corrected chi connectivity index (χ0v) is 24.3. The topological polar surface area (TPSA) is 76.7 Å². The number of amides is 2. The van der Waals surface area contributed by atoms with Gasteiger partial charge in [-0.2, -0.15) is 26.3 Å². The highest BCUT2D eigenvalue weighted by Crippen LogP contribution is 2.45. The minimum atomic E-state index is -4.97. The number of ether oxygens (including phenoxy) is 2. The van der Waals surface area contributed by atoms with Gasteiger partial charge >= 0.3 is 18.4 Å². The molecule has 6 nitrogen and oxygen atoms in total. The molecular formula is C30H36F6N2O4. The maximum atomic E-state index is 13.4. The number of halogens is 6. The van der Waals surface area contributed by atoms with Gasteiger partial charge in [0.2, 0.25) is 5.91 Å². The Morgan fingerprint density at radius 2 is 1.43 bits per heavy atom. The molecule has 2 N–H and O–H groups in total. The van der Waals surface area contributed by atoms with E-state index < -0.39 is 58.1 Å². The first kappa shape index (κ1) is 33.2. The molecule has 42 heavy (non-hydrogen) atoms. The van der Waals surface area contributed by atoms with Crippen molar-refractivity contribution in [2.45, 2.75) is 95.4 Å². The van der Waals surface area contributed by atoms with Crippen LogP contribution in [0.25, 0.3) is 0 Å². The van der Waals surface area contributed by atoms with Crippen molar-refractivity contribution in [2.24, 2.45) is 0 Å². The lowest BCUT2D eigenvalue weighted by Gasteiger charge is -2.49. The molecule has 1 aliphatic rings. The minimum Gasteiger partial charge on any atom is -0.444 e. The Labute approximate surface area is 241 Å². The quantitative estimate of drug-likeness (QED) is 0.311. The van der Waals surface area contributed by atoms with Gasteiger partial charge in [0.25, 0.3) is 0 Å². The van der Waals surface area contributed by atoms with Gasteiger partial charge in [-0.25, -0.2) is 4.79 Å². The van der Waals surface area contributed by atoms with Crippen LogP contribution in [-0.4, -0.2) is 35.8 Å². The Morgan fingerprint density at radius 1 is 0.905 bits per heavy atom. The van der Waals surface area contributed by atoms with E-state index in [-0.39, 0.29) is 24.3 Å². The molecule has 0 radical (unpaired) electrons. The fraction of sp³-hybridized carbons (Fsp3) is 0.533. The van der Waals surface area contributed by atoms with Gasteiger partial charge in [-0.15, -0.1) is 0 Å². The zero-order chi connectivity index (χ0) is 31.7. The van der Waals surface area contributed by atoms with E-state index in [1.165, 1.54) is 20.8 Å². The second kappa shape index (κ2) is 11.8. The van der Waals surface area contributed by atoms with Crippen molar-refractivity contribution >= 4 is 12.0 Å². The first-order valence-electron chi connectivity index (χ1n) is 13.4. The Bertz CT molecular complexity index is 1230. The largest absolute Gasteiger partial charge is 0.444 e. The van der Waals surface area contributed by atoms with Gasteiger partial charge in [0.15, 0.2) is 0 Å². The number of carbonyl (C=O) groups excluding carboxylic acids is 2. The average molecular weight is 603 g/mol. The molecule has 1 aliphatic carbocycles. The fourth-order valence-electron chi connectivity index (χ4n) is 4.79. The Kier molecular flexibility index (Phi) is 9.32. The monoisotopic (exact) mass is 602 g/mol. The predicted octanol–water partition coefficient (Wildman–Crippen LogP) is 7.32. The van der Waals surface area contributed by atoms with Crippen molar-refractivity contribution < 1.29 is 45.4 Å². The summed E-state index contributed by atoms with van der Waals surface area (Å²) in [5.74, 6) is -0.446. The number of alkyl carbamates (subject to hydrolysis) is 1. The summed E-state index contributed by atoms with van der Waals surface area (Å²) in [7, 11) is 0. The number of hydrogen-bond donors (Lipinski definition) is 2. The highest BCUT2D eigenvalue weighted by Gasteiger charge is 2.48. The molecule has 3 rings (SSSR count). The molecule has 0 aliphatic heterocycles. The van der Waals surface area contributed by atoms with Gasteiger partial charge in [-0.3, -0.25) is 4.79 Å². The van der Waals surface area contributed by atoms with Crippen molar-refractivity contribution in [1.82, 2.24) is 10.6 Å². The molecule has 232 valence electrons. The zero-order valence-electron chi connectivity index (χ0n) is 24.3. The third kappa shape index (κ3) is 8.39. The van der Waals surface area contributed by atoms with Crippen LogP contribution in [0, 0.1) is 0 Å². The van der Waals surface area contributed by atoms with E-state index in [4.69, 9.17) is 9.47 Å². The molecule has 0 bridgehead atoms. The molecule has 12 heteroatoms. The molecule has 1 fully saturated rings. The van der Waals surface area contributed by atoms with Gasteiger partial charge in [0.05, 0.1) is 23.8 Å². The lowest BCUT2D eigenvalue weighted by atomic mass is 9.62. The van der Waals surface area contributed by atoms with Crippen LogP contribution in [0.2, 0.25) is 0 Å². The van der Waals surface area contributed by atoms with Crippen LogP contribution in [0.1, 0.15) is 82.7 Å². The number of nitrogens with one attached hydrogen (secondary N) is 2. The molecule has 1 unspecified atom stereocenters. The van der Waals surface area contributed by atoms with E-state index in [1.54, 1.807) is 20.8 Å². The summed E-state index contributed by atoms with van der Waals surface area (Å²) in [5.41, 5.74) is -4.90. The molecule has 0 aromatic heterocycles. The number of hydrogen-bond acceptors (Lipinski definition) is 4. The summed E-state index contributed by atoms with van der Waals surface area (Å²) in [6, 6.07) is 10.2. The van der Waals surface area contributed by atoms with Crippen molar-refractivity contribution in [1.29, 1.82) is 0 Å². The maximum Gasteiger partial charge on any atom is 0.416 e. The van der Waals surface area contributed by atoms with E-state index in [0.717, 1.165) is 5.56 Å². The molecule has 0 spiro atoms. The van der Waals surface area contributed by atoms with Gasteiger partial charge in [-0.05, 0) is 83.7 Å². The van der Waals surface area contributed by atoms with Crippen LogP contribution in [0.3, 0.4) is 0 Å². The lowest BCUT2D eigenvalue weighted by Crippen LogP contribution is -2.62. The van der Waals surface area contributed by atoms with Gasteiger partial charge in [0, 0.05) is 11.5 Å². The number of rotatable bonds is 8. The fourth-order valence-corrected chi connectivity index (χ4v) is 4.79. The maximum absolute atomic E-state index is 13.4. The van der Waals surface area contributed by atoms with Crippen LogP contribution in [0.15, 0.2) is 48.5 Å².